The van der Waals surface area contributed by atoms with Gasteiger partial charge in [-0.25, -0.2) is 4.98 Å². The minimum Gasteiger partial charge on any atom is -0.481 e. The third kappa shape index (κ3) is 3.03. The molecule has 2 aromatic heterocycles. The zero-order valence-corrected chi connectivity index (χ0v) is 15.0. The maximum absolute atomic E-state index is 11.2. The number of hydrogen-bond donors (Lipinski definition) is 1. The van der Waals surface area contributed by atoms with Gasteiger partial charge in [0.15, 0.2) is 5.76 Å². The van der Waals surface area contributed by atoms with Gasteiger partial charge in [-0.15, -0.1) is 11.3 Å². The van der Waals surface area contributed by atoms with Gasteiger partial charge in [-0.3, -0.25) is 4.79 Å². The van der Waals surface area contributed by atoms with Crippen molar-refractivity contribution in [3.05, 3.63) is 45.9 Å². The minimum atomic E-state index is -0.945. The van der Waals surface area contributed by atoms with Crippen LogP contribution in [0.25, 0.3) is 22.1 Å². The first-order chi connectivity index (χ1) is 12.0. The predicted octanol–water partition coefficient (Wildman–Crippen LogP) is 4.34. The Balaban J connectivity index is 1.78. The van der Waals surface area contributed by atoms with Crippen molar-refractivity contribution in [2.75, 3.05) is 18.5 Å². The summed E-state index contributed by atoms with van der Waals surface area (Å²) in [5.74, 6) is -0.0284. The van der Waals surface area contributed by atoms with Gasteiger partial charge in [0, 0.05) is 24.8 Å². The highest BCUT2D eigenvalue weighted by atomic mass is 35.5. The molecule has 0 unspecified atom stereocenters. The molecule has 1 aromatic carbocycles. The number of hydrogen-bond acceptors (Lipinski definition) is 5. The Morgan fingerprint density at radius 3 is 2.96 bits per heavy atom. The van der Waals surface area contributed by atoms with Crippen LogP contribution in [0.5, 0.6) is 0 Å². The lowest BCUT2D eigenvalue weighted by molar-refractivity contribution is -0.136. The highest BCUT2D eigenvalue weighted by Crippen LogP contribution is 2.37. The standard InChI is InChI=1S/C18H15ClN2O3S/c1-21-7-6-10-8-11(2-3-13(10)21)18-20-12(9-16(22)23)17(24-18)14-4-5-15(19)25-14/h2-5,8H,6-7,9H2,1H3,(H,22,23). The molecule has 25 heavy (non-hydrogen) atoms. The molecule has 3 aromatic rings. The molecular weight excluding hydrogens is 360 g/mol. The maximum atomic E-state index is 11.2. The van der Waals surface area contributed by atoms with E-state index in [9.17, 15) is 4.79 Å². The molecule has 0 saturated carbocycles. The van der Waals surface area contributed by atoms with Crippen LogP contribution in [0.15, 0.2) is 34.7 Å². The summed E-state index contributed by atoms with van der Waals surface area (Å²) in [5.41, 5.74) is 3.73. The molecule has 0 saturated heterocycles. The van der Waals surface area contributed by atoms with Gasteiger partial charge in [0.05, 0.1) is 21.3 Å². The van der Waals surface area contributed by atoms with Gasteiger partial charge >= 0.3 is 5.97 Å². The molecule has 0 aliphatic carbocycles. The summed E-state index contributed by atoms with van der Waals surface area (Å²) in [5, 5.41) is 9.17. The maximum Gasteiger partial charge on any atom is 0.309 e. The van der Waals surface area contributed by atoms with Crippen LogP contribution in [0, 0.1) is 0 Å². The molecule has 1 aliphatic rings. The van der Waals surface area contributed by atoms with E-state index in [1.807, 2.05) is 12.1 Å². The first kappa shape index (κ1) is 16.2. The average molecular weight is 375 g/mol. The fourth-order valence-electron chi connectivity index (χ4n) is 3.07. The molecule has 0 atom stereocenters. The molecule has 5 nitrogen and oxygen atoms in total. The lowest BCUT2D eigenvalue weighted by Gasteiger charge is -2.11. The van der Waals surface area contributed by atoms with Crippen LogP contribution in [0.1, 0.15) is 11.3 Å². The van der Waals surface area contributed by atoms with Crippen molar-refractivity contribution >= 4 is 34.6 Å². The van der Waals surface area contributed by atoms with Crippen molar-refractivity contribution in [3.63, 3.8) is 0 Å². The zero-order valence-electron chi connectivity index (χ0n) is 13.5. The molecule has 1 aliphatic heterocycles. The zero-order chi connectivity index (χ0) is 17.6. The van der Waals surface area contributed by atoms with Crippen molar-refractivity contribution in [2.45, 2.75) is 12.8 Å². The summed E-state index contributed by atoms with van der Waals surface area (Å²) in [4.78, 5) is 18.6. The molecule has 0 spiro atoms. The molecule has 0 fully saturated rings. The lowest BCUT2D eigenvalue weighted by atomic mass is 10.1. The van der Waals surface area contributed by atoms with E-state index >= 15 is 0 Å². The van der Waals surface area contributed by atoms with E-state index in [1.165, 1.54) is 22.6 Å². The number of benzene rings is 1. The van der Waals surface area contributed by atoms with Crippen LogP contribution >= 0.6 is 22.9 Å². The monoisotopic (exact) mass is 374 g/mol. The number of oxazole rings is 1. The smallest absolute Gasteiger partial charge is 0.309 e. The number of aromatic nitrogens is 1. The third-order valence-corrected chi connectivity index (χ3v) is 5.50. The number of carboxylic acids is 1. The van der Waals surface area contributed by atoms with Crippen molar-refractivity contribution in [1.82, 2.24) is 4.98 Å². The lowest BCUT2D eigenvalue weighted by Crippen LogP contribution is -2.12. The Morgan fingerprint density at radius 2 is 2.24 bits per heavy atom. The second kappa shape index (κ2) is 6.20. The van der Waals surface area contributed by atoms with E-state index in [0.717, 1.165) is 23.4 Å². The van der Waals surface area contributed by atoms with E-state index in [1.54, 1.807) is 6.07 Å². The van der Waals surface area contributed by atoms with Crippen LogP contribution in [0.2, 0.25) is 4.34 Å². The number of rotatable bonds is 4. The number of fused-ring (bicyclic) bond motifs is 1. The van der Waals surface area contributed by atoms with Crippen molar-refractivity contribution in [3.8, 4) is 22.1 Å². The SMILES string of the molecule is CN1CCc2cc(-c3nc(CC(=O)O)c(-c4ccc(Cl)s4)o3)ccc21. The third-order valence-electron chi connectivity index (χ3n) is 4.27. The van der Waals surface area contributed by atoms with E-state index in [-0.39, 0.29) is 6.42 Å². The molecule has 0 radical (unpaired) electrons. The summed E-state index contributed by atoms with van der Waals surface area (Å²) in [6.07, 6.45) is 0.789. The first-order valence-electron chi connectivity index (χ1n) is 7.83. The summed E-state index contributed by atoms with van der Waals surface area (Å²) in [6, 6.07) is 9.67. The second-order valence-electron chi connectivity index (χ2n) is 5.98. The van der Waals surface area contributed by atoms with Gasteiger partial charge in [0.1, 0.15) is 0 Å². The summed E-state index contributed by atoms with van der Waals surface area (Å²) >= 11 is 7.35. The molecule has 0 amide bonds. The topological polar surface area (TPSA) is 66.6 Å². The van der Waals surface area contributed by atoms with Crippen LogP contribution in [0.3, 0.4) is 0 Å². The predicted molar refractivity (Wildman–Crippen MR) is 98.6 cm³/mol. The quantitative estimate of drug-likeness (QED) is 0.735. The molecule has 4 rings (SSSR count). The molecule has 128 valence electrons. The van der Waals surface area contributed by atoms with Gasteiger partial charge < -0.3 is 14.4 Å². The highest BCUT2D eigenvalue weighted by molar-refractivity contribution is 7.19. The molecular formula is C18H15ClN2O3S. The Hall–Kier alpha value is -2.31. The van der Waals surface area contributed by atoms with E-state index in [4.69, 9.17) is 21.1 Å². The van der Waals surface area contributed by atoms with Gasteiger partial charge in [-0.05, 0) is 42.3 Å². The van der Waals surface area contributed by atoms with Crippen molar-refractivity contribution in [1.29, 1.82) is 0 Å². The number of halogens is 1. The fraction of sp³-hybridized carbons (Fsp3) is 0.222. The fourth-order valence-corrected chi connectivity index (χ4v) is 4.11. The van der Waals surface area contributed by atoms with Crippen molar-refractivity contribution in [2.24, 2.45) is 0 Å². The number of likely N-dealkylation sites (N-methyl/N-ethyl adjacent to an activating group) is 1. The van der Waals surface area contributed by atoms with Gasteiger partial charge in [0.2, 0.25) is 5.89 Å². The molecule has 7 heteroatoms. The number of carboxylic acid groups (broad SMARTS) is 1. The molecule has 1 N–H and O–H groups in total. The molecule has 0 bridgehead atoms. The Labute approximate surface area is 153 Å². The van der Waals surface area contributed by atoms with Gasteiger partial charge in [-0.1, -0.05) is 11.6 Å². The number of carbonyl (C=O) groups is 1. The summed E-state index contributed by atoms with van der Waals surface area (Å²) < 4.78 is 6.57. The van der Waals surface area contributed by atoms with E-state index < -0.39 is 5.97 Å². The summed E-state index contributed by atoms with van der Waals surface area (Å²) in [7, 11) is 2.07. The van der Waals surface area contributed by atoms with Crippen LogP contribution in [0.4, 0.5) is 5.69 Å². The number of thiophene rings is 1. The van der Waals surface area contributed by atoms with Gasteiger partial charge in [-0.2, -0.15) is 0 Å². The highest BCUT2D eigenvalue weighted by Gasteiger charge is 2.22. The van der Waals surface area contributed by atoms with Crippen molar-refractivity contribution < 1.29 is 14.3 Å². The summed E-state index contributed by atoms with van der Waals surface area (Å²) in [6.45, 7) is 0.994. The second-order valence-corrected chi connectivity index (χ2v) is 7.70. The molecule has 3 heterocycles. The van der Waals surface area contributed by atoms with Gasteiger partial charge in [0.25, 0.3) is 0 Å². The largest absolute Gasteiger partial charge is 0.481 e. The minimum absolute atomic E-state index is 0.192. The normalized spacial score (nSPS) is 13.3. The van der Waals surface area contributed by atoms with Crippen LogP contribution in [-0.2, 0) is 17.6 Å². The number of nitrogens with zero attached hydrogens (tertiary/aromatic N) is 2. The Morgan fingerprint density at radius 1 is 1.40 bits per heavy atom. The van der Waals surface area contributed by atoms with Crippen LogP contribution < -0.4 is 4.90 Å². The first-order valence-corrected chi connectivity index (χ1v) is 9.02. The van der Waals surface area contributed by atoms with E-state index in [2.05, 4.69) is 29.1 Å². The number of aliphatic carboxylic acids is 1. The number of anilines is 1. The Kier molecular flexibility index (Phi) is 4.01. The van der Waals surface area contributed by atoms with E-state index in [0.29, 0.717) is 21.7 Å². The Bertz CT molecular complexity index is 963. The van der Waals surface area contributed by atoms with Crippen LogP contribution in [-0.4, -0.2) is 29.7 Å². The average Bonchev–Trinajstić information content (AvgIpc) is 3.26.